The van der Waals surface area contributed by atoms with Crippen molar-refractivity contribution in [1.29, 1.82) is 0 Å². The molecule has 0 aliphatic rings. The van der Waals surface area contributed by atoms with Crippen LogP contribution in [0.3, 0.4) is 0 Å². The number of aromatic nitrogens is 1. The molecular formula is C16H14BrNO. The van der Waals surface area contributed by atoms with Crippen LogP contribution in [0, 0.1) is 6.92 Å². The Morgan fingerprint density at radius 2 is 2.00 bits per heavy atom. The third-order valence-electron chi connectivity index (χ3n) is 3.02. The lowest BCUT2D eigenvalue weighted by Crippen LogP contribution is -1.95. The number of halogens is 1. The first-order valence-electron chi connectivity index (χ1n) is 6.17. The Morgan fingerprint density at radius 3 is 2.84 bits per heavy atom. The number of benzene rings is 2. The number of nitrogens with one attached hydrogen (secondary N) is 1. The predicted octanol–water partition coefficient (Wildman–Crippen LogP) is 4.82. The highest BCUT2D eigenvalue weighted by Gasteiger charge is 2.02. The molecule has 0 saturated heterocycles. The van der Waals surface area contributed by atoms with Gasteiger partial charge in [0.2, 0.25) is 0 Å². The monoisotopic (exact) mass is 315 g/mol. The van der Waals surface area contributed by atoms with Gasteiger partial charge in [0.25, 0.3) is 0 Å². The number of rotatable bonds is 3. The molecule has 2 nitrogen and oxygen atoms in total. The van der Waals surface area contributed by atoms with Gasteiger partial charge in [0.05, 0.1) is 5.69 Å². The Balaban J connectivity index is 1.78. The highest BCUT2D eigenvalue weighted by Crippen LogP contribution is 2.21. The second-order valence-corrected chi connectivity index (χ2v) is 5.55. The van der Waals surface area contributed by atoms with Gasteiger partial charge in [-0.15, -0.1) is 0 Å². The number of fused-ring (bicyclic) bond motifs is 1. The van der Waals surface area contributed by atoms with Crippen LogP contribution in [0.25, 0.3) is 10.9 Å². The van der Waals surface area contributed by atoms with Crippen LogP contribution in [0.4, 0.5) is 0 Å². The van der Waals surface area contributed by atoms with Gasteiger partial charge >= 0.3 is 0 Å². The molecule has 0 spiro atoms. The largest absolute Gasteiger partial charge is 0.487 e. The molecule has 0 amide bonds. The van der Waals surface area contributed by atoms with E-state index in [1.807, 2.05) is 24.3 Å². The molecule has 0 bridgehead atoms. The average molecular weight is 316 g/mol. The summed E-state index contributed by atoms with van der Waals surface area (Å²) in [6, 6.07) is 16.4. The molecular weight excluding hydrogens is 302 g/mol. The molecule has 0 radical (unpaired) electrons. The highest BCUT2D eigenvalue weighted by atomic mass is 79.9. The van der Waals surface area contributed by atoms with Crippen molar-refractivity contribution in [2.75, 3.05) is 0 Å². The van der Waals surface area contributed by atoms with Gasteiger partial charge in [0, 0.05) is 9.99 Å². The summed E-state index contributed by atoms with van der Waals surface area (Å²) < 4.78 is 6.80. The van der Waals surface area contributed by atoms with E-state index in [4.69, 9.17) is 4.74 Å². The molecule has 3 heteroatoms. The van der Waals surface area contributed by atoms with Crippen molar-refractivity contribution in [2.45, 2.75) is 13.5 Å². The van der Waals surface area contributed by atoms with Crippen LogP contribution in [0.5, 0.6) is 5.75 Å². The smallest absolute Gasteiger partial charge is 0.128 e. The number of hydrogen-bond acceptors (Lipinski definition) is 1. The fourth-order valence-corrected chi connectivity index (χ4v) is 2.47. The van der Waals surface area contributed by atoms with Crippen molar-refractivity contribution in [2.24, 2.45) is 0 Å². The van der Waals surface area contributed by atoms with Crippen LogP contribution in [0.1, 0.15) is 11.3 Å². The predicted molar refractivity (Wildman–Crippen MR) is 81.5 cm³/mol. The number of ether oxygens (including phenoxy) is 1. The Hall–Kier alpha value is -1.74. The van der Waals surface area contributed by atoms with E-state index in [9.17, 15) is 0 Å². The third kappa shape index (κ3) is 2.82. The molecule has 3 aromatic rings. The van der Waals surface area contributed by atoms with Crippen LogP contribution < -0.4 is 4.74 Å². The summed E-state index contributed by atoms with van der Waals surface area (Å²) >= 11 is 3.44. The highest BCUT2D eigenvalue weighted by molar-refractivity contribution is 9.10. The zero-order chi connectivity index (χ0) is 13.2. The summed E-state index contributed by atoms with van der Waals surface area (Å²) in [7, 11) is 0. The van der Waals surface area contributed by atoms with Crippen molar-refractivity contribution in [3.8, 4) is 5.75 Å². The first kappa shape index (κ1) is 12.3. The van der Waals surface area contributed by atoms with E-state index < -0.39 is 0 Å². The molecule has 1 aromatic heterocycles. The van der Waals surface area contributed by atoms with Crippen molar-refractivity contribution in [3.05, 3.63) is 64.3 Å². The van der Waals surface area contributed by atoms with Gasteiger partial charge in [-0.25, -0.2) is 0 Å². The SMILES string of the molecule is Cc1ccc2cc(COc3cccc(Br)c3)[nH]c2c1. The standard InChI is InChI=1S/C16H14BrNO/c1-11-5-6-12-8-14(18-16(12)7-11)10-19-15-4-2-3-13(17)9-15/h2-9,18H,10H2,1H3. The van der Waals surface area contributed by atoms with Crippen LogP contribution in [-0.4, -0.2) is 4.98 Å². The second kappa shape index (κ2) is 5.10. The number of H-pyrrole nitrogens is 1. The molecule has 0 atom stereocenters. The van der Waals surface area contributed by atoms with Crippen molar-refractivity contribution in [3.63, 3.8) is 0 Å². The fourth-order valence-electron chi connectivity index (χ4n) is 2.10. The van der Waals surface area contributed by atoms with E-state index in [-0.39, 0.29) is 0 Å². The average Bonchev–Trinajstić information content (AvgIpc) is 2.78. The lowest BCUT2D eigenvalue weighted by molar-refractivity contribution is 0.302. The maximum Gasteiger partial charge on any atom is 0.128 e. The zero-order valence-corrected chi connectivity index (χ0v) is 12.2. The maximum atomic E-state index is 5.77. The fraction of sp³-hybridized carbons (Fsp3) is 0.125. The first-order chi connectivity index (χ1) is 9.20. The van der Waals surface area contributed by atoms with E-state index in [1.54, 1.807) is 0 Å². The third-order valence-corrected chi connectivity index (χ3v) is 3.52. The first-order valence-corrected chi connectivity index (χ1v) is 6.97. The normalized spacial score (nSPS) is 10.8. The van der Waals surface area contributed by atoms with Crippen LogP contribution in [-0.2, 0) is 6.61 Å². The summed E-state index contributed by atoms with van der Waals surface area (Å²) in [5, 5.41) is 1.22. The molecule has 1 N–H and O–H groups in total. The van der Waals surface area contributed by atoms with Crippen molar-refractivity contribution in [1.82, 2.24) is 4.98 Å². The number of hydrogen-bond donors (Lipinski definition) is 1. The van der Waals surface area contributed by atoms with Crippen molar-refractivity contribution >= 4 is 26.8 Å². The van der Waals surface area contributed by atoms with Gasteiger partial charge in [-0.1, -0.05) is 34.1 Å². The van der Waals surface area contributed by atoms with Gasteiger partial charge in [-0.3, -0.25) is 0 Å². The lowest BCUT2D eigenvalue weighted by Gasteiger charge is -2.04. The molecule has 3 rings (SSSR count). The van der Waals surface area contributed by atoms with Gasteiger partial charge < -0.3 is 9.72 Å². The summed E-state index contributed by atoms with van der Waals surface area (Å²) in [5.74, 6) is 0.865. The molecule has 1 heterocycles. The second-order valence-electron chi connectivity index (χ2n) is 4.63. The Labute approximate surface area is 120 Å². The zero-order valence-electron chi connectivity index (χ0n) is 10.6. The van der Waals surface area contributed by atoms with E-state index in [1.165, 1.54) is 10.9 Å². The minimum absolute atomic E-state index is 0.546. The van der Waals surface area contributed by atoms with E-state index in [2.05, 4.69) is 52.1 Å². The Morgan fingerprint density at radius 1 is 1.11 bits per heavy atom. The summed E-state index contributed by atoms with van der Waals surface area (Å²) in [4.78, 5) is 3.38. The van der Waals surface area contributed by atoms with E-state index >= 15 is 0 Å². The van der Waals surface area contributed by atoms with Gasteiger partial charge in [-0.2, -0.15) is 0 Å². The molecule has 0 saturated carbocycles. The maximum absolute atomic E-state index is 5.77. The minimum Gasteiger partial charge on any atom is -0.487 e. The summed E-state index contributed by atoms with van der Waals surface area (Å²) in [6.07, 6.45) is 0. The van der Waals surface area contributed by atoms with Crippen LogP contribution in [0.2, 0.25) is 0 Å². The van der Waals surface area contributed by atoms with E-state index in [0.29, 0.717) is 6.61 Å². The molecule has 0 unspecified atom stereocenters. The van der Waals surface area contributed by atoms with Crippen LogP contribution >= 0.6 is 15.9 Å². The number of aromatic amines is 1. The lowest BCUT2D eigenvalue weighted by atomic mass is 10.2. The Bertz CT molecular complexity index is 718. The molecule has 0 aliphatic heterocycles. The summed E-state index contributed by atoms with van der Waals surface area (Å²) in [6.45, 7) is 2.64. The Kier molecular flexibility index (Phi) is 3.30. The number of aryl methyl sites for hydroxylation is 1. The van der Waals surface area contributed by atoms with Crippen molar-refractivity contribution < 1.29 is 4.74 Å². The quantitative estimate of drug-likeness (QED) is 0.736. The minimum atomic E-state index is 0.546. The molecule has 0 fully saturated rings. The molecule has 19 heavy (non-hydrogen) atoms. The molecule has 2 aromatic carbocycles. The van der Waals surface area contributed by atoms with Gasteiger partial charge in [0.15, 0.2) is 0 Å². The van der Waals surface area contributed by atoms with Gasteiger partial charge in [-0.05, 0) is 48.2 Å². The van der Waals surface area contributed by atoms with E-state index in [0.717, 1.165) is 21.4 Å². The molecule has 0 aliphatic carbocycles. The summed E-state index contributed by atoms with van der Waals surface area (Å²) in [5.41, 5.74) is 3.50. The van der Waals surface area contributed by atoms with Gasteiger partial charge in [0.1, 0.15) is 12.4 Å². The van der Waals surface area contributed by atoms with Crippen LogP contribution in [0.15, 0.2) is 53.0 Å². The topological polar surface area (TPSA) is 25.0 Å². The molecule has 96 valence electrons.